The van der Waals surface area contributed by atoms with E-state index in [9.17, 15) is 14.3 Å². The number of rotatable bonds is 3. The van der Waals surface area contributed by atoms with Gasteiger partial charge in [-0.25, -0.2) is 9.18 Å². The summed E-state index contributed by atoms with van der Waals surface area (Å²) in [5.74, 6) is -1.12. The number of carboxylic acid groups (broad SMARTS) is 1. The molecule has 4 heteroatoms. The van der Waals surface area contributed by atoms with Crippen molar-refractivity contribution in [2.45, 2.75) is 38.1 Å². The van der Waals surface area contributed by atoms with E-state index in [4.69, 9.17) is 0 Å². The van der Waals surface area contributed by atoms with Crippen LogP contribution in [0.4, 0.5) is 10.1 Å². The average molecular weight is 237 g/mol. The summed E-state index contributed by atoms with van der Waals surface area (Å²) in [6.07, 6.45) is 3.08. The average Bonchev–Trinajstić information content (AvgIpc) is 2.72. The van der Waals surface area contributed by atoms with Crippen LogP contribution in [0.5, 0.6) is 0 Å². The maximum absolute atomic E-state index is 13.0. The number of anilines is 1. The van der Waals surface area contributed by atoms with Crippen LogP contribution in [0.15, 0.2) is 18.2 Å². The molecule has 0 bridgehead atoms. The number of hydrogen-bond donors (Lipinski definition) is 2. The van der Waals surface area contributed by atoms with E-state index < -0.39 is 11.5 Å². The van der Waals surface area contributed by atoms with E-state index >= 15 is 0 Å². The van der Waals surface area contributed by atoms with Crippen LogP contribution in [-0.4, -0.2) is 16.6 Å². The lowest BCUT2D eigenvalue weighted by molar-refractivity contribution is -0.142. The number of benzene rings is 1. The maximum Gasteiger partial charge on any atom is 0.329 e. The number of aryl methyl sites for hydroxylation is 1. The highest BCUT2D eigenvalue weighted by molar-refractivity contribution is 5.83. The minimum atomic E-state index is -0.872. The molecule has 1 fully saturated rings. The topological polar surface area (TPSA) is 49.3 Å². The molecule has 92 valence electrons. The molecule has 0 atom stereocenters. The molecule has 3 nitrogen and oxygen atoms in total. The van der Waals surface area contributed by atoms with Crippen LogP contribution >= 0.6 is 0 Å². The molecule has 0 radical (unpaired) electrons. The van der Waals surface area contributed by atoms with Gasteiger partial charge in [-0.2, -0.15) is 0 Å². The van der Waals surface area contributed by atoms with Crippen molar-refractivity contribution in [3.8, 4) is 0 Å². The highest BCUT2D eigenvalue weighted by atomic mass is 19.1. The Balaban J connectivity index is 2.26. The van der Waals surface area contributed by atoms with Crippen LogP contribution in [0, 0.1) is 12.7 Å². The number of carboxylic acids is 1. The van der Waals surface area contributed by atoms with Gasteiger partial charge < -0.3 is 10.4 Å². The summed E-state index contributed by atoms with van der Waals surface area (Å²) in [7, 11) is 0. The molecule has 2 N–H and O–H groups in total. The van der Waals surface area contributed by atoms with Gasteiger partial charge >= 0.3 is 5.97 Å². The Labute approximate surface area is 99.7 Å². The van der Waals surface area contributed by atoms with Crippen LogP contribution < -0.4 is 5.32 Å². The van der Waals surface area contributed by atoms with Gasteiger partial charge in [0, 0.05) is 5.69 Å². The molecule has 1 aromatic carbocycles. The molecule has 1 aliphatic rings. The largest absolute Gasteiger partial charge is 0.480 e. The van der Waals surface area contributed by atoms with Gasteiger partial charge in [0.15, 0.2) is 0 Å². The Bertz CT molecular complexity index is 439. The number of carbonyl (C=O) groups is 1. The standard InChI is InChI=1S/C13H16FNO2/c1-9-8-10(14)4-5-11(9)15-13(12(16)17)6-2-3-7-13/h4-5,8,15H,2-3,6-7H2,1H3,(H,16,17). The van der Waals surface area contributed by atoms with Gasteiger partial charge in [-0.3, -0.25) is 0 Å². The zero-order valence-corrected chi connectivity index (χ0v) is 9.79. The first-order chi connectivity index (χ1) is 8.03. The molecule has 0 saturated heterocycles. The van der Waals surface area contributed by atoms with Crippen molar-refractivity contribution >= 4 is 11.7 Å². The number of nitrogens with one attached hydrogen (secondary N) is 1. The third-order valence-electron chi connectivity index (χ3n) is 3.43. The third-order valence-corrected chi connectivity index (χ3v) is 3.43. The summed E-state index contributed by atoms with van der Waals surface area (Å²) < 4.78 is 13.0. The molecule has 0 amide bonds. The monoisotopic (exact) mass is 237 g/mol. The predicted octanol–water partition coefficient (Wildman–Crippen LogP) is 2.94. The van der Waals surface area contributed by atoms with Crippen molar-refractivity contribution in [3.63, 3.8) is 0 Å². The fraction of sp³-hybridized carbons (Fsp3) is 0.462. The van der Waals surface area contributed by atoms with E-state index in [1.54, 1.807) is 13.0 Å². The summed E-state index contributed by atoms with van der Waals surface area (Å²) in [6.45, 7) is 1.77. The highest BCUT2D eigenvalue weighted by Gasteiger charge is 2.41. The van der Waals surface area contributed by atoms with Crippen molar-refractivity contribution in [1.29, 1.82) is 0 Å². The fourth-order valence-corrected chi connectivity index (χ4v) is 2.40. The molecule has 0 unspecified atom stereocenters. The molecule has 1 aromatic rings. The van der Waals surface area contributed by atoms with Crippen molar-refractivity contribution in [3.05, 3.63) is 29.6 Å². The first-order valence-electron chi connectivity index (χ1n) is 5.81. The minimum Gasteiger partial charge on any atom is -0.480 e. The lowest BCUT2D eigenvalue weighted by Gasteiger charge is -2.27. The summed E-state index contributed by atoms with van der Waals surface area (Å²) in [5.41, 5.74) is 0.566. The van der Waals surface area contributed by atoms with Crippen LogP contribution in [0.2, 0.25) is 0 Å². The minimum absolute atomic E-state index is 0.302. The van der Waals surface area contributed by atoms with Crippen molar-refractivity contribution in [1.82, 2.24) is 0 Å². The van der Waals surface area contributed by atoms with Crippen LogP contribution in [0.25, 0.3) is 0 Å². The van der Waals surface area contributed by atoms with Gasteiger partial charge in [0.1, 0.15) is 11.4 Å². The zero-order chi connectivity index (χ0) is 12.5. The molecule has 1 saturated carbocycles. The molecule has 2 rings (SSSR count). The molecule has 0 aromatic heterocycles. The van der Waals surface area contributed by atoms with Gasteiger partial charge in [-0.15, -0.1) is 0 Å². The van der Waals surface area contributed by atoms with E-state index in [-0.39, 0.29) is 5.82 Å². The van der Waals surface area contributed by atoms with E-state index in [0.29, 0.717) is 18.5 Å². The second kappa shape index (κ2) is 4.35. The molecule has 1 aliphatic carbocycles. The Kier molecular flexibility index (Phi) is 3.05. The van der Waals surface area contributed by atoms with Crippen molar-refractivity contribution in [2.75, 3.05) is 5.32 Å². The fourth-order valence-electron chi connectivity index (χ4n) is 2.40. The van der Waals surface area contributed by atoms with Crippen LogP contribution in [0.3, 0.4) is 0 Å². The second-order valence-corrected chi connectivity index (χ2v) is 4.68. The van der Waals surface area contributed by atoms with E-state index in [2.05, 4.69) is 5.32 Å². The lowest BCUT2D eigenvalue weighted by atomic mass is 9.96. The number of aliphatic carboxylic acids is 1. The van der Waals surface area contributed by atoms with Gasteiger partial charge in [0.2, 0.25) is 0 Å². The highest BCUT2D eigenvalue weighted by Crippen LogP contribution is 2.34. The molecule has 0 heterocycles. The van der Waals surface area contributed by atoms with Gasteiger partial charge in [-0.05, 0) is 43.5 Å². The summed E-state index contributed by atoms with van der Waals surface area (Å²) in [6, 6.07) is 4.36. The molecule has 0 spiro atoms. The maximum atomic E-state index is 13.0. The smallest absolute Gasteiger partial charge is 0.329 e. The first-order valence-corrected chi connectivity index (χ1v) is 5.81. The number of halogens is 1. The van der Waals surface area contributed by atoms with Gasteiger partial charge in [-0.1, -0.05) is 12.8 Å². The summed E-state index contributed by atoms with van der Waals surface area (Å²) in [5, 5.41) is 12.4. The van der Waals surface area contributed by atoms with E-state index in [1.807, 2.05) is 0 Å². The Morgan fingerprint density at radius 3 is 2.59 bits per heavy atom. The normalized spacial score (nSPS) is 18.0. The Morgan fingerprint density at radius 1 is 1.41 bits per heavy atom. The van der Waals surface area contributed by atoms with Crippen LogP contribution in [-0.2, 0) is 4.79 Å². The van der Waals surface area contributed by atoms with E-state index in [0.717, 1.165) is 18.4 Å². The SMILES string of the molecule is Cc1cc(F)ccc1NC1(C(=O)O)CCCC1. The second-order valence-electron chi connectivity index (χ2n) is 4.68. The van der Waals surface area contributed by atoms with Crippen molar-refractivity contribution in [2.24, 2.45) is 0 Å². The summed E-state index contributed by atoms with van der Waals surface area (Å²) in [4.78, 5) is 11.4. The number of hydrogen-bond acceptors (Lipinski definition) is 2. The van der Waals surface area contributed by atoms with Gasteiger partial charge in [0.25, 0.3) is 0 Å². The summed E-state index contributed by atoms with van der Waals surface area (Å²) >= 11 is 0. The van der Waals surface area contributed by atoms with E-state index in [1.165, 1.54) is 12.1 Å². The quantitative estimate of drug-likeness (QED) is 0.849. The third kappa shape index (κ3) is 2.25. The lowest BCUT2D eigenvalue weighted by Crippen LogP contribution is -2.43. The zero-order valence-electron chi connectivity index (χ0n) is 9.79. The molecular weight excluding hydrogens is 221 g/mol. The van der Waals surface area contributed by atoms with Crippen LogP contribution in [0.1, 0.15) is 31.2 Å². The molecular formula is C13H16FNO2. The van der Waals surface area contributed by atoms with Gasteiger partial charge in [0.05, 0.1) is 0 Å². The molecule has 17 heavy (non-hydrogen) atoms. The Hall–Kier alpha value is -1.58. The first kappa shape index (κ1) is 11.9. The Morgan fingerprint density at radius 2 is 2.06 bits per heavy atom. The van der Waals surface area contributed by atoms with Crippen molar-refractivity contribution < 1.29 is 14.3 Å². The molecule has 0 aliphatic heterocycles. The predicted molar refractivity (Wildman–Crippen MR) is 63.6 cm³/mol.